The Morgan fingerprint density at radius 3 is 2.81 bits per heavy atom. The molecule has 0 radical (unpaired) electrons. The fourth-order valence-electron chi connectivity index (χ4n) is 4.38. The summed E-state index contributed by atoms with van der Waals surface area (Å²) in [6.45, 7) is 9.44. The van der Waals surface area contributed by atoms with E-state index >= 15 is 0 Å². The van der Waals surface area contributed by atoms with Crippen LogP contribution in [0.15, 0.2) is 54.1 Å². The van der Waals surface area contributed by atoms with Crippen LogP contribution in [0.3, 0.4) is 0 Å². The lowest BCUT2D eigenvalue weighted by atomic mass is 10.1. The second kappa shape index (κ2) is 10.9. The molecule has 0 saturated carbocycles. The number of carbonyl (C=O) groups is 1. The van der Waals surface area contributed by atoms with Gasteiger partial charge in [0.15, 0.2) is 5.65 Å². The van der Waals surface area contributed by atoms with E-state index in [1.165, 1.54) is 11.3 Å². The maximum atomic E-state index is 13.7. The molecule has 0 aliphatic carbocycles. The lowest BCUT2D eigenvalue weighted by Crippen LogP contribution is -2.37. The lowest BCUT2D eigenvalue weighted by Gasteiger charge is -2.28. The molecule has 0 atom stereocenters. The summed E-state index contributed by atoms with van der Waals surface area (Å²) >= 11 is 1.36. The highest BCUT2D eigenvalue weighted by atomic mass is 32.1. The molecular formula is C27H28N6O3S. The zero-order valence-electron chi connectivity index (χ0n) is 20.6. The van der Waals surface area contributed by atoms with Gasteiger partial charge in [0, 0.05) is 38.6 Å². The summed E-state index contributed by atoms with van der Waals surface area (Å²) in [5.41, 5.74) is 1.99. The quantitative estimate of drug-likeness (QED) is 0.345. The largest absolute Gasteiger partial charge is 0.382 e. The normalized spacial score (nSPS) is 13.9. The first-order valence-corrected chi connectivity index (χ1v) is 13.0. The first-order valence-electron chi connectivity index (χ1n) is 12.1. The molecule has 1 amide bonds. The molecule has 4 aromatic heterocycles. The number of nitrogens with zero attached hydrogens (tertiary/aromatic N) is 4. The second-order valence-electron chi connectivity index (χ2n) is 8.46. The van der Waals surface area contributed by atoms with Gasteiger partial charge in [-0.1, -0.05) is 12.7 Å². The minimum Gasteiger partial charge on any atom is -0.382 e. The van der Waals surface area contributed by atoms with Crippen LogP contribution < -0.4 is 21.0 Å². The van der Waals surface area contributed by atoms with Crippen LogP contribution in [0.2, 0.25) is 0 Å². The molecule has 0 bridgehead atoms. The molecule has 5 rings (SSSR count). The summed E-state index contributed by atoms with van der Waals surface area (Å²) in [6.07, 6.45) is 9.03. The molecule has 1 fully saturated rings. The Balaban J connectivity index is 1.57. The van der Waals surface area contributed by atoms with Crippen LogP contribution in [0, 0.1) is 0 Å². The van der Waals surface area contributed by atoms with Gasteiger partial charge in [-0.15, -0.1) is 11.3 Å². The van der Waals surface area contributed by atoms with E-state index in [1.807, 2.05) is 41.7 Å². The molecule has 1 aliphatic rings. The molecule has 1 aliphatic heterocycles. The minimum atomic E-state index is -0.418. The maximum absolute atomic E-state index is 13.7. The Kier molecular flexibility index (Phi) is 7.29. The van der Waals surface area contributed by atoms with Gasteiger partial charge in [-0.05, 0) is 43.3 Å². The highest BCUT2D eigenvalue weighted by molar-refractivity contribution is 7.19. The fourth-order valence-corrected chi connectivity index (χ4v) is 5.50. The average molecular weight is 517 g/mol. The molecule has 9 nitrogen and oxygen atoms in total. The number of aromatic nitrogens is 3. The van der Waals surface area contributed by atoms with Gasteiger partial charge >= 0.3 is 0 Å². The van der Waals surface area contributed by atoms with Crippen molar-refractivity contribution in [3.05, 3.63) is 75.7 Å². The number of allylic oxidation sites excluding steroid dienone is 1. The summed E-state index contributed by atoms with van der Waals surface area (Å²) in [7, 11) is 0. The lowest BCUT2D eigenvalue weighted by molar-refractivity contribution is 0.0956. The molecule has 10 heteroatoms. The van der Waals surface area contributed by atoms with E-state index in [4.69, 9.17) is 9.72 Å². The summed E-state index contributed by atoms with van der Waals surface area (Å²) < 4.78 is 7.39. The van der Waals surface area contributed by atoms with E-state index in [2.05, 4.69) is 27.1 Å². The Morgan fingerprint density at radius 2 is 2.08 bits per heavy atom. The number of morpholine rings is 1. The molecule has 190 valence electrons. The van der Waals surface area contributed by atoms with E-state index in [0.717, 1.165) is 35.2 Å². The van der Waals surface area contributed by atoms with E-state index < -0.39 is 5.91 Å². The number of anilines is 2. The molecule has 0 unspecified atom stereocenters. The van der Waals surface area contributed by atoms with Crippen molar-refractivity contribution in [3.8, 4) is 0 Å². The van der Waals surface area contributed by atoms with Crippen molar-refractivity contribution in [2.24, 2.45) is 0 Å². The van der Waals surface area contributed by atoms with Crippen molar-refractivity contribution >= 4 is 56.8 Å². The number of pyridine rings is 3. The number of hydrogen-bond acceptors (Lipinski definition) is 8. The van der Waals surface area contributed by atoms with Crippen molar-refractivity contribution in [2.75, 3.05) is 49.6 Å². The van der Waals surface area contributed by atoms with Crippen LogP contribution in [-0.4, -0.2) is 59.7 Å². The number of fused-ring (bicyclic) bond motifs is 3. The van der Waals surface area contributed by atoms with Gasteiger partial charge in [0.25, 0.3) is 5.91 Å². The number of carbonyl (C=O) groups excluding carboxylic acids is 1. The van der Waals surface area contributed by atoms with Gasteiger partial charge in [-0.3, -0.25) is 19.0 Å². The first-order chi connectivity index (χ1) is 18.1. The zero-order chi connectivity index (χ0) is 25.8. The number of thiazole rings is 1. The van der Waals surface area contributed by atoms with Crippen molar-refractivity contribution < 1.29 is 9.53 Å². The third kappa shape index (κ3) is 4.85. The molecular weight excluding hydrogens is 488 g/mol. The maximum Gasteiger partial charge on any atom is 0.258 e. The Morgan fingerprint density at radius 1 is 1.24 bits per heavy atom. The Labute approximate surface area is 218 Å². The summed E-state index contributed by atoms with van der Waals surface area (Å²) in [6, 6.07) is 7.35. The number of hydrogen-bond donors (Lipinski definition) is 2. The van der Waals surface area contributed by atoms with Crippen LogP contribution in [0.25, 0.3) is 28.0 Å². The topological polar surface area (TPSA) is 101 Å². The van der Waals surface area contributed by atoms with E-state index in [9.17, 15) is 9.59 Å². The minimum absolute atomic E-state index is 0.110. The number of nitrogens with one attached hydrogen (secondary N) is 2. The molecule has 0 spiro atoms. The van der Waals surface area contributed by atoms with Gasteiger partial charge in [-0.25, -0.2) is 4.98 Å². The standard InChI is InChI=1S/C27H28N6O3S/c1-3-6-20-21(4-2)37-27-23(26(35)30-12-11-29-18-7-5-10-28-17-18)24(34)19-8-9-22(31-25(19)33(20)27)32-13-15-36-16-14-32/h3-10,17,29H,2,11-16H2,1H3,(H,30,35)/b6-3-. The van der Waals surface area contributed by atoms with Crippen LogP contribution in [0.4, 0.5) is 11.5 Å². The molecule has 0 aromatic carbocycles. The van der Waals surface area contributed by atoms with Crippen LogP contribution in [-0.2, 0) is 4.74 Å². The third-order valence-electron chi connectivity index (χ3n) is 6.13. The fraction of sp³-hybridized carbons (Fsp3) is 0.259. The highest BCUT2D eigenvalue weighted by Crippen LogP contribution is 2.31. The monoisotopic (exact) mass is 516 g/mol. The predicted molar refractivity (Wildman–Crippen MR) is 150 cm³/mol. The van der Waals surface area contributed by atoms with Crippen molar-refractivity contribution in [3.63, 3.8) is 0 Å². The van der Waals surface area contributed by atoms with Crippen LogP contribution in [0.5, 0.6) is 0 Å². The average Bonchev–Trinajstić information content (AvgIpc) is 3.30. The highest BCUT2D eigenvalue weighted by Gasteiger charge is 2.24. The molecule has 5 heterocycles. The zero-order valence-corrected chi connectivity index (χ0v) is 21.4. The van der Waals surface area contributed by atoms with Gasteiger partial charge in [0.1, 0.15) is 16.2 Å². The van der Waals surface area contributed by atoms with Crippen molar-refractivity contribution in [1.82, 2.24) is 19.7 Å². The van der Waals surface area contributed by atoms with Crippen molar-refractivity contribution in [2.45, 2.75) is 6.92 Å². The molecule has 2 N–H and O–H groups in total. The van der Waals surface area contributed by atoms with Gasteiger partial charge in [0.2, 0.25) is 5.43 Å². The summed E-state index contributed by atoms with van der Waals surface area (Å²) in [5, 5.41) is 6.49. The van der Waals surface area contributed by atoms with E-state index in [-0.39, 0.29) is 11.0 Å². The van der Waals surface area contributed by atoms with Crippen molar-refractivity contribution in [1.29, 1.82) is 0 Å². The summed E-state index contributed by atoms with van der Waals surface area (Å²) in [4.78, 5) is 39.6. The van der Waals surface area contributed by atoms with E-state index in [0.29, 0.717) is 42.2 Å². The first kappa shape index (κ1) is 24.7. The SMILES string of the molecule is C=Cc1sc2c(C(=O)NCCNc3cccnc3)c(=O)c3ccc(N4CCOCC4)nc3n2c1/C=C\C. The van der Waals surface area contributed by atoms with Gasteiger partial charge < -0.3 is 20.3 Å². The Hall–Kier alpha value is -4.02. The van der Waals surface area contributed by atoms with Gasteiger partial charge in [-0.2, -0.15) is 0 Å². The van der Waals surface area contributed by atoms with Gasteiger partial charge in [0.05, 0.1) is 34.9 Å². The molecule has 1 saturated heterocycles. The van der Waals surface area contributed by atoms with E-state index in [1.54, 1.807) is 24.5 Å². The Bertz CT molecular complexity index is 1540. The molecule has 37 heavy (non-hydrogen) atoms. The smallest absolute Gasteiger partial charge is 0.258 e. The van der Waals surface area contributed by atoms with Crippen LogP contribution in [0.1, 0.15) is 27.9 Å². The van der Waals surface area contributed by atoms with Crippen LogP contribution >= 0.6 is 11.3 Å². The third-order valence-corrected chi connectivity index (χ3v) is 7.31. The molecule has 4 aromatic rings. The number of amides is 1. The number of ether oxygens (including phenoxy) is 1. The second-order valence-corrected chi connectivity index (χ2v) is 9.50. The number of rotatable bonds is 8. The summed E-state index contributed by atoms with van der Waals surface area (Å²) in [5.74, 6) is 0.360. The predicted octanol–water partition coefficient (Wildman–Crippen LogP) is 3.66.